The summed E-state index contributed by atoms with van der Waals surface area (Å²) < 4.78 is 37.6. The summed E-state index contributed by atoms with van der Waals surface area (Å²) in [6, 6.07) is 16.2. The summed E-state index contributed by atoms with van der Waals surface area (Å²) in [5.41, 5.74) is 13.4. The highest BCUT2D eigenvalue weighted by Gasteiger charge is 2.38. The molecule has 0 saturated carbocycles. The van der Waals surface area contributed by atoms with E-state index in [9.17, 15) is 22.8 Å². The van der Waals surface area contributed by atoms with Crippen LogP contribution in [0.15, 0.2) is 67.0 Å². The van der Waals surface area contributed by atoms with Crippen LogP contribution in [0.3, 0.4) is 0 Å². The van der Waals surface area contributed by atoms with Crippen molar-refractivity contribution in [2.24, 2.45) is 5.73 Å². The standard InChI is InChI=1S/C26H29N5O3S.C2HF3O2/c1-26(25(33)35,12-6-13-27)31-30-22(15-17-16-29-20-9-4-2-7-18(17)20)24(32)34-23-11-14-28-21-10-5-3-8-19(21)23;3-2(4,5)1(6)7/h2-5,7-11,14,16,22,29-31H,6,12-13,15,27H2,1H3,(H,33,35);(H,6,7)/t22-,26-;/m0./s1. The Hall–Kier alpha value is -3.98. The molecule has 14 heteroatoms. The number of aromatic nitrogens is 2. The normalized spacial score (nSPS) is 13.6. The van der Waals surface area contributed by atoms with Gasteiger partial charge in [-0.25, -0.2) is 20.4 Å². The van der Waals surface area contributed by atoms with E-state index in [1.165, 1.54) is 0 Å². The maximum Gasteiger partial charge on any atom is 0.490 e. The van der Waals surface area contributed by atoms with Crippen LogP contribution in [0.1, 0.15) is 25.3 Å². The third-order valence-electron chi connectivity index (χ3n) is 6.32. The predicted octanol–water partition coefficient (Wildman–Crippen LogP) is 3.91. The Balaban J connectivity index is 0.000000616. The maximum atomic E-state index is 13.4. The lowest BCUT2D eigenvalue weighted by Gasteiger charge is -2.30. The van der Waals surface area contributed by atoms with E-state index in [4.69, 9.17) is 20.4 Å². The minimum atomic E-state index is -5.08. The molecular weight excluding hydrogens is 575 g/mol. The number of thiol groups is 1. The number of benzene rings is 2. The number of hydrogen-bond acceptors (Lipinski definition) is 8. The molecule has 4 rings (SSSR count). The molecule has 2 atom stereocenters. The highest BCUT2D eigenvalue weighted by molar-refractivity contribution is 7.96. The Morgan fingerprint density at radius 1 is 1.10 bits per heavy atom. The number of nitrogens with one attached hydrogen (secondary N) is 3. The monoisotopic (exact) mass is 605 g/mol. The van der Waals surface area contributed by atoms with E-state index in [0.29, 0.717) is 31.6 Å². The van der Waals surface area contributed by atoms with Crippen molar-refractivity contribution in [3.05, 3.63) is 72.6 Å². The quantitative estimate of drug-likeness (QED) is 0.0847. The van der Waals surface area contributed by atoms with Crippen LogP contribution in [0.5, 0.6) is 5.75 Å². The topological polar surface area (TPSA) is 159 Å². The summed E-state index contributed by atoms with van der Waals surface area (Å²) in [7, 11) is 0. The second-order valence-corrected chi connectivity index (χ2v) is 9.87. The van der Waals surface area contributed by atoms with E-state index >= 15 is 0 Å². The molecular formula is C28H30F3N5O5S. The predicted molar refractivity (Wildman–Crippen MR) is 154 cm³/mol. The number of pyridine rings is 1. The molecule has 6 N–H and O–H groups in total. The fraction of sp³-hybridized carbons (Fsp3) is 0.286. The summed E-state index contributed by atoms with van der Waals surface area (Å²) in [4.78, 5) is 42.2. The van der Waals surface area contributed by atoms with Crippen molar-refractivity contribution in [2.75, 3.05) is 6.54 Å². The Labute approximate surface area is 244 Å². The largest absolute Gasteiger partial charge is 0.490 e. The second-order valence-electron chi connectivity index (χ2n) is 9.47. The molecule has 42 heavy (non-hydrogen) atoms. The van der Waals surface area contributed by atoms with Gasteiger partial charge in [0.05, 0.1) is 11.1 Å². The number of halogens is 3. The first kappa shape index (κ1) is 32.5. The number of nitrogens with two attached hydrogens (primary N) is 1. The molecule has 4 aromatic rings. The van der Waals surface area contributed by atoms with Crippen LogP contribution in [-0.4, -0.2) is 56.4 Å². The van der Waals surface area contributed by atoms with Crippen molar-refractivity contribution in [1.82, 2.24) is 20.8 Å². The molecule has 2 heterocycles. The Morgan fingerprint density at radius 2 is 1.74 bits per heavy atom. The molecule has 0 fully saturated rings. The second kappa shape index (κ2) is 14.3. The molecule has 10 nitrogen and oxygen atoms in total. The van der Waals surface area contributed by atoms with Crippen LogP contribution in [0, 0.1) is 0 Å². The Bertz CT molecular complexity index is 1540. The third kappa shape index (κ3) is 8.52. The molecule has 0 spiro atoms. The van der Waals surface area contributed by atoms with Crippen molar-refractivity contribution in [3.63, 3.8) is 0 Å². The van der Waals surface area contributed by atoms with Crippen molar-refractivity contribution in [3.8, 4) is 5.75 Å². The highest BCUT2D eigenvalue weighted by atomic mass is 32.1. The van der Waals surface area contributed by atoms with Gasteiger partial charge in [-0.05, 0) is 56.1 Å². The smallest absolute Gasteiger partial charge is 0.475 e. The molecule has 0 radical (unpaired) electrons. The van der Waals surface area contributed by atoms with Gasteiger partial charge < -0.3 is 20.6 Å². The zero-order valence-corrected chi connectivity index (χ0v) is 23.3. The summed E-state index contributed by atoms with van der Waals surface area (Å²) in [6.45, 7) is 2.17. The number of H-pyrrole nitrogens is 1. The number of carbonyl (C=O) groups excluding carboxylic acids is 2. The lowest BCUT2D eigenvalue weighted by atomic mass is 9.98. The number of ether oxygens (including phenoxy) is 1. The summed E-state index contributed by atoms with van der Waals surface area (Å²) >= 11 is 4.05. The lowest BCUT2D eigenvalue weighted by Crippen LogP contribution is -2.59. The summed E-state index contributed by atoms with van der Waals surface area (Å²) in [6.07, 6.45) is -0.187. The number of carbonyl (C=O) groups is 3. The molecule has 0 bridgehead atoms. The number of carboxylic acids is 1. The highest BCUT2D eigenvalue weighted by Crippen LogP contribution is 2.25. The average molecular weight is 606 g/mol. The van der Waals surface area contributed by atoms with E-state index in [1.54, 1.807) is 19.2 Å². The van der Waals surface area contributed by atoms with Crippen molar-refractivity contribution in [2.45, 2.75) is 43.9 Å². The van der Waals surface area contributed by atoms with E-state index in [-0.39, 0.29) is 5.12 Å². The first-order chi connectivity index (χ1) is 19.9. The van der Waals surface area contributed by atoms with E-state index in [1.807, 2.05) is 54.7 Å². The summed E-state index contributed by atoms with van der Waals surface area (Å²) in [5.74, 6) is -2.83. The molecule has 0 saturated heterocycles. The molecule has 2 aromatic carbocycles. The van der Waals surface area contributed by atoms with Crippen molar-refractivity contribution < 1.29 is 37.4 Å². The van der Waals surface area contributed by atoms with Gasteiger partial charge in [0.15, 0.2) is 0 Å². The molecule has 0 aliphatic rings. The van der Waals surface area contributed by atoms with Crippen LogP contribution in [0.4, 0.5) is 13.2 Å². The number of aromatic amines is 1. The fourth-order valence-corrected chi connectivity index (χ4v) is 4.14. The van der Waals surface area contributed by atoms with Gasteiger partial charge in [0.1, 0.15) is 11.8 Å². The number of rotatable bonds is 11. The van der Waals surface area contributed by atoms with Crippen molar-refractivity contribution in [1.29, 1.82) is 0 Å². The van der Waals surface area contributed by atoms with Crippen LogP contribution in [0.25, 0.3) is 21.8 Å². The van der Waals surface area contributed by atoms with Gasteiger partial charge >= 0.3 is 18.1 Å². The van der Waals surface area contributed by atoms with Gasteiger partial charge in [-0.1, -0.05) is 30.3 Å². The van der Waals surface area contributed by atoms with E-state index in [2.05, 4.69) is 33.4 Å². The lowest BCUT2D eigenvalue weighted by molar-refractivity contribution is -0.192. The number of hydrogen-bond donors (Lipinski definition) is 6. The molecule has 0 aliphatic carbocycles. The number of carboxylic acid groups (broad SMARTS) is 1. The zero-order chi connectivity index (χ0) is 30.9. The van der Waals surface area contributed by atoms with E-state index in [0.717, 1.165) is 27.4 Å². The molecule has 2 aromatic heterocycles. The van der Waals surface area contributed by atoms with E-state index < -0.39 is 29.7 Å². The number of fused-ring (bicyclic) bond motifs is 2. The summed E-state index contributed by atoms with van der Waals surface area (Å²) in [5, 5.41) is 8.52. The third-order valence-corrected chi connectivity index (χ3v) is 6.81. The maximum absolute atomic E-state index is 13.4. The molecule has 0 aliphatic heterocycles. The van der Waals surface area contributed by atoms with Crippen LogP contribution in [0.2, 0.25) is 0 Å². The molecule has 0 unspecified atom stereocenters. The molecule has 224 valence electrons. The van der Waals surface area contributed by atoms with Gasteiger partial charge in [0.25, 0.3) is 0 Å². The van der Waals surface area contributed by atoms with Gasteiger partial charge in [-0.15, -0.1) is 12.6 Å². The number of nitrogens with zero attached hydrogens (tertiary/aromatic N) is 1. The first-order valence-electron chi connectivity index (χ1n) is 12.7. The number of alkyl halides is 3. The minimum Gasteiger partial charge on any atom is -0.475 e. The van der Waals surface area contributed by atoms with Gasteiger partial charge in [-0.3, -0.25) is 9.78 Å². The zero-order valence-electron chi connectivity index (χ0n) is 22.4. The van der Waals surface area contributed by atoms with Crippen LogP contribution < -0.4 is 21.3 Å². The number of para-hydroxylation sites is 2. The number of esters is 1. The first-order valence-corrected chi connectivity index (χ1v) is 13.2. The van der Waals surface area contributed by atoms with Gasteiger partial charge in [-0.2, -0.15) is 13.2 Å². The van der Waals surface area contributed by atoms with Gasteiger partial charge in [0, 0.05) is 35.1 Å². The fourth-order valence-electron chi connectivity index (χ4n) is 3.98. The Kier molecular flexibility index (Phi) is 11.1. The number of hydrazine groups is 1. The van der Waals surface area contributed by atoms with Crippen molar-refractivity contribution >= 4 is 51.5 Å². The minimum absolute atomic E-state index is 0.326. The average Bonchev–Trinajstić information content (AvgIpc) is 3.36. The number of aliphatic carboxylic acids is 1. The van der Waals surface area contributed by atoms with Gasteiger partial charge in [0.2, 0.25) is 5.12 Å². The molecule has 0 amide bonds. The Morgan fingerprint density at radius 3 is 2.38 bits per heavy atom. The SMILES string of the molecule is C[C@@](CCCN)(NN[C@@H](Cc1c[nH]c2ccccc12)C(=O)Oc1ccnc2ccccc12)C(=O)S.O=C(O)C(F)(F)F. The van der Waals surface area contributed by atoms with Crippen LogP contribution >= 0.6 is 12.6 Å². The van der Waals surface area contributed by atoms with Crippen LogP contribution in [-0.2, 0) is 20.8 Å².